The predicted octanol–water partition coefficient (Wildman–Crippen LogP) is 2.30. The van der Waals surface area contributed by atoms with Gasteiger partial charge in [0.1, 0.15) is 11.4 Å². The minimum Gasteiger partial charge on any atom is -0.365 e. The molecule has 0 saturated heterocycles. The zero-order valence-electron chi connectivity index (χ0n) is 14.2. The normalized spacial score (nSPS) is 22.6. The second-order valence-electron chi connectivity index (χ2n) is 6.59. The number of nitrogens with zero attached hydrogens (tertiary/aromatic N) is 3. The van der Waals surface area contributed by atoms with Crippen molar-refractivity contribution in [3.63, 3.8) is 0 Å². The van der Waals surface area contributed by atoms with Crippen LogP contribution in [0.25, 0.3) is 0 Å². The summed E-state index contributed by atoms with van der Waals surface area (Å²) in [5.41, 5.74) is 12.0. The number of carbonyl (C=O) groups excluding carboxylic acids is 1. The zero-order chi connectivity index (χ0) is 18.7. The Morgan fingerprint density at radius 1 is 1.38 bits per heavy atom. The number of nitriles is 1. The number of amides is 1. The fraction of sp³-hybridized carbons (Fsp3) is 0.389. The Balaban J connectivity index is 1.88. The lowest BCUT2D eigenvalue weighted by Crippen LogP contribution is -2.30. The summed E-state index contributed by atoms with van der Waals surface area (Å²) in [5, 5.41) is 16.9. The van der Waals surface area contributed by atoms with Gasteiger partial charge in [0.25, 0.3) is 5.91 Å². The van der Waals surface area contributed by atoms with Gasteiger partial charge in [-0.1, -0.05) is 0 Å². The lowest BCUT2D eigenvalue weighted by Gasteiger charge is -2.31. The van der Waals surface area contributed by atoms with Crippen LogP contribution in [0.3, 0.4) is 0 Å². The summed E-state index contributed by atoms with van der Waals surface area (Å²) >= 11 is 0. The number of benzene rings is 1. The van der Waals surface area contributed by atoms with Crippen molar-refractivity contribution in [3.05, 3.63) is 41.8 Å². The van der Waals surface area contributed by atoms with Gasteiger partial charge in [-0.05, 0) is 56.0 Å². The predicted molar refractivity (Wildman–Crippen MR) is 95.0 cm³/mol. The Kier molecular flexibility index (Phi) is 5.19. The number of hydrogen-bond donors (Lipinski definition) is 3. The van der Waals surface area contributed by atoms with Crippen LogP contribution in [-0.4, -0.2) is 22.2 Å². The van der Waals surface area contributed by atoms with E-state index in [1.165, 1.54) is 12.1 Å². The second kappa shape index (κ2) is 7.54. The molecule has 1 saturated carbocycles. The van der Waals surface area contributed by atoms with Gasteiger partial charge in [0, 0.05) is 11.9 Å². The minimum absolute atomic E-state index is 0.135. The van der Waals surface area contributed by atoms with Crippen molar-refractivity contribution in [1.29, 1.82) is 5.26 Å². The maximum Gasteiger partial charge on any atom is 0.254 e. The van der Waals surface area contributed by atoms with Gasteiger partial charge >= 0.3 is 0 Å². The highest BCUT2D eigenvalue weighted by molar-refractivity contribution is 5.98. The monoisotopic (exact) mass is 356 g/mol. The smallest absolute Gasteiger partial charge is 0.254 e. The average molecular weight is 356 g/mol. The van der Waals surface area contributed by atoms with E-state index >= 15 is 0 Å². The molecule has 2 aromatic rings. The molecule has 1 aliphatic rings. The van der Waals surface area contributed by atoms with Crippen molar-refractivity contribution in [2.45, 2.75) is 25.3 Å². The average Bonchev–Trinajstić information content (AvgIpc) is 3.07. The van der Waals surface area contributed by atoms with Gasteiger partial charge < -0.3 is 16.8 Å². The van der Waals surface area contributed by atoms with E-state index in [2.05, 4.69) is 16.5 Å². The summed E-state index contributed by atoms with van der Waals surface area (Å²) in [6.07, 6.45) is 3.96. The highest BCUT2D eigenvalue weighted by atomic mass is 19.1. The molecule has 26 heavy (non-hydrogen) atoms. The van der Waals surface area contributed by atoms with Crippen molar-refractivity contribution in [2.75, 3.05) is 11.9 Å². The minimum atomic E-state index is -0.620. The molecular formula is C18H21FN6O. The zero-order valence-corrected chi connectivity index (χ0v) is 14.2. The van der Waals surface area contributed by atoms with E-state index in [4.69, 9.17) is 11.5 Å². The van der Waals surface area contributed by atoms with Crippen LogP contribution < -0.4 is 16.8 Å². The molecule has 3 rings (SSSR count). The molecule has 1 heterocycles. The molecule has 136 valence electrons. The molecule has 0 radical (unpaired) electrons. The number of hydrogen-bond acceptors (Lipinski definition) is 5. The lowest BCUT2D eigenvalue weighted by atomic mass is 9.79. The summed E-state index contributed by atoms with van der Waals surface area (Å²) in [6, 6.07) is 7.91. The molecule has 1 fully saturated rings. The first-order valence-corrected chi connectivity index (χ1v) is 8.53. The Morgan fingerprint density at radius 3 is 2.73 bits per heavy atom. The van der Waals surface area contributed by atoms with E-state index < -0.39 is 5.91 Å². The number of carbonyl (C=O) groups is 1. The van der Waals surface area contributed by atoms with E-state index in [1.54, 1.807) is 23.0 Å². The van der Waals surface area contributed by atoms with Gasteiger partial charge in [-0.25, -0.2) is 4.39 Å². The molecular weight excluding hydrogens is 335 g/mol. The number of nitrogens with one attached hydrogen (secondary N) is 1. The maximum absolute atomic E-state index is 13.1. The molecule has 8 heteroatoms. The van der Waals surface area contributed by atoms with Gasteiger partial charge in [0.05, 0.1) is 18.0 Å². The summed E-state index contributed by atoms with van der Waals surface area (Å²) in [6.45, 7) is 0.563. The van der Waals surface area contributed by atoms with Gasteiger partial charge in [-0.2, -0.15) is 10.4 Å². The number of primary amides is 1. The number of anilines is 2. The van der Waals surface area contributed by atoms with E-state index in [0.29, 0.717) is 30.4 Å². The summed E-state index contributed by atoms with van der Waals surface area (Å²) in [5.74, 6) is -0.577. The molecule has 1 aromatic carbocycles. The van der Waals surface area contributed by atoms with Crippen molar-refractivity contribution in [3.8, 4) is 6.07 Å². The molecule has 1 aliphatic carbocycles. The van der Waals surface area contributed by atoms with E-state index in [9.17, 15) is 14.4 Å². The quantitative estimate of drug-likeness (QED) is 0.758. The van der Waals surface area contributed by atoms with Gasteiger partial charge in [0.15, 0.2) is 5.82 Å². The summed E-state index contributed by atoms with van der Waals surface area (Å²) < 4.78 is 14.7. The van der Waals surface area contributed by atoms with Crippen molar-refractivity contribution >= 4 is 17.4 Å². The second-order valence-corrected chi connectivity index (χ2v) is 6.59. The largest absolute Gasteiger partial charge is 0.365 e. The molecule has 5 N–H and O–H groups in total. The van der Waals surface area contributed by atoms with Gasteiger partial charge in [-0.3, -0.25) is 9.48 Å². The number of nitrogens with two attached hydrogens (primary N) is 2. The molecule has 1 amide bonds. The van der Waals surface area contributed by atoms with Crippen LogP contribution in [-0.2, 0) is 0 Å². The Morgan fingerprint density at radius 2 is 2.12 bits per heavy atom. The third kappa shape index (κ3) is 3.68. The first-order valence-electron chi connectivity index (χ1n) is 8.53. The molecule has 7 nitrogen and oxygen atoms in total. The van der Waals surface area contributed by atoms with E-state index in [-0.39, 0.29) is 23.3 Å². The van der Waals surface area contributed by atoms with Crippen molar-refractivity contribution in [1.82, 2.24) is 9.78 Å². The highest BCUT2D eigenvalue weighted by Crippen LogP contribution is 2.37. The standard InChI is InChI=1S/C18H21FN6O/c19-13-2-4-14(5-3-13)23-18-15(17(22)26)10-25(24-18)16-6-1-11(8-20)7-12(16)9-21/h2-5,10-12,16H,1,6-8,20H2,(H2,22,26)(H,23,24)/t11?,12?,16-/m1/s1. The Labute approximate surface area is 150 Å². The van der Waals surface area contributed by atoms with Crippen molar-refractivity contribution in [2.24, 2.45) is 23.3 Å². The molecule has 0 aliphatic heterocycles. The maximum atomic E-state index is 13.1. The Hall–Kier alpha value is -2.92. The first kappa shape index (κ1) is 17.9. The fourth-order valence-corrected chi connectivity index (χ4v) is 3.42. The first-order chi connectivity index (χ1) is 12.5. The fourth-order valence-electron chi connectivity index (χ4n) is 3.42. The molecule has 2 unspecified atom stereocenters. The van der Waals surface area contributed by atoms with Crippen LogP contribution in [0.5, 0.6) is 0 Å². The van der Waals surface area contributed by atoms with Crippen LogP contribution in [0.15, 0.2) is 30.5 Å². The molecule has 3 atom stereocenters. The number of aromatic nitrogens is 2. The van der Waals surface area contributed by atoms with Crippen LogP contribution >= 0.6 is 0 Å². The Bertz CT molecular complexity index is 825. The number of halogens is 1. The molecule has 0 bridgehead atoms. The summed E-state index contributed by atoms with van der Waals surface area (Å²) in [7, 11) is 0. The van der Waals surface area contributed by atoms with E-state index in [0.717, 1.165) is 12.8 Å². The van der Waals surface area contributed by atoms with Gasteiger partial charge in [0.2, 0.25) is 0 Å². The lowest BCUT2D eigenvalue weighted by molar-refractivity contribution is 0.100. The molecule has 1 aromatic heterocycles. The van der Waals surface area contributed by atoms with Crippen LogP contribution in [0.1, 0.15) is 35.7 Å². The van der Waals surface area contributed by atoms with Crippen molar-refractivity contribution < 1.29 is 9.18 Å². The third-order valence-electron chi connectivity index (χ3n) is 4.87. The van der Waals surface area contributed by atoms with Crippen LogP contribution in [0.2, 0.25) is 0 Å². The topological polar surface area (TPSA) is 123 Å². The van der Waals surface area contributed by atoms with E-state index in [1.807, 2.05) is 0 Å². The van der Waals surface area contributed by atoms with Crippen LogP contribution in [0, 0.1) is 29.0 Å². The highest BCUT2D eigenvalue weighted by Gasteiger charge is 2.32. The van der Waals surface area contributed by atoms with Crippen LogP contribution in [0.4, 0.5) is 15.9 Å². The number of rotatable bonds is 5. The molecule has 0 spiro atoms. The van der Waals surface area contributed by atoms with Gasteiger partial charge in [-0.15, -0.1) is 0 Å². The SMILES string of the molecule is N#CC1CC(CN)CC[C@H]1n1cc(C(N)=O)c(Nc2ccc(F)cc2)n1. The summed E-state index contributed by atoms with van der Waals surface area (Å²) in [4.78, 5) is 11.8. The third-order valence-corrected chi connectivity index (χ3v) is 4.87.